The molecular weight excluding hydrogens is 261 g/mol. The van der Waals surface area contributed by atoms with Gasteiger partial charge in [0.15, 0.2) is 11.6 Å². The van der Waals surface area contributed by atoms with Gasteiger partial charge >= 0.3 is 0 Å². The van der Waals surface area contributed by atoms with Crippen LogP contribution in [0.2, 0.25) is 0 Å². The standard InChI is InChI=1S/C11H13BrFNO/c1-6(14-8-2-3-8)9-4-7(12)5-10(13)11(9)15/h4-6,8,14-15H,2-3H2,1H3. The van der Waals surface area contributed by atoms with Gasteiger partial charge in [0.1, 0.15) is 0 Å². The molecule has 0 saturated heterocycles. The molecule has 0 aliphatic heterocycles. The smallest absolute Gasteiger partial charge is 0.166 e. The lowest BCUT2D eigenvalue weighted by atomic mass is 10.1. The van der Waals surface area contributed by atoms with Crippen molar-refractivity contribution in [3.8, 4) is 5.75 Å². The molecule has 2 nitrogen and oxygen atoms in total. The van der Waals surface area contributed by atoms with Gasteiger partial charge < -0.3 is 10.4 Å². The third-order valence-electron chi connectivity index (χ3n) is 2.59. The maximum Gasteiger partial charge on any atom is 0.166 e. The molecule has 1 aliphatic carbocycles. The molecule has 1 aromatic rings. The van der Waals surface area contributed by atoms with Crippen LogP contribution in [0.5, 0.6) is 5.75 Å². The Labute approximate surface area is 96.6 Å². The number of rotatable bonds is 3. The first-order valence-corrected chi connectivity index (χ1v) is 5.81. The molecular formula is C11H13BrFNO. The van der Waals surface area contributed by atoms with E-state index in [2.05, 4.69) is 21.2 Å². The average Bonchev–Trinajstić information content (AvgIpc) is 2.94. The molecule has 1 atom stereocenters. The first-order chi connectivity index (χ1) is 7.08. The molecule has 0 amide bonds. The molecule has 4 heteroatoms. The molecule has 1 saturated carbocycles. The van der Waals surface area contributed by atoms with E-state index in [1.807, 2.05) is 6.92 Å². The molecule has 1 fully saturated rings. The lowest BCUT2D eigenvalue weighted by Gasteiger charge is -2.15. The van der Waals surface area contributed by atoms with E-state index in [0.29, 0.717) is 16.1 Å². The molecule has 15 heavy (non-hydrogen) atoms. The summed E-state index contributed by atoms with van der Waals surface area (Å²) in [6.07, 6.45) is 2.34. The highest BCUT2D eigenvalue weighted by Gasteiger charge is 2.25. The van der Waals surface area contributed by atoms with Gasteiger partial charge in [-0.1, -0.05) is 15.9 Å². The summed E-state index contributed by atoms with van der Waals surface area (Å²) in [4.78, 5) is 0. The van der Waals surface area contributed by atoms with Gasteiger partial charge in [0, 0.05) is 22.1 Å². The van der Waals surface area contributed by atoms with Crippen molar-refractivity contribution in [2.24, 2.45) is 0 Å². The Hall–Kier alpha value is -0.610. The van der Waals surface area contributed by atoms with Gasteiger partial charge in [-0.3, -0.25) is 0 Å². The van der Waals surface area contributed by atoms with Crippen LogP contribution in [0.4, 0.5) is 4.39 Å². The van der Waals surface area contributed by atoms with Gasteiger partial charge in [-0.2, -0.15) is 0 Å². The quantitative estimate of drug-likeness (QED) is 0.887. The molecule has 0 heterocycles. The summed E-state index contributed by atoms with van der Waals surface area (Å²) in [7, 11) is 0. The molecule has 0 aromatic heterocycles. The predicted molar refractivity (Wildman–Crippen MR) is 60.3 cm³/mol. The number of halogens is 2. The van der Waals surface area contributed by atoms with Gasteiger partial charge in [0.2, 0.25) is 0 Å². The van der Waals surface area contributed by atoms with Gasteiger partial charge in [0.05, 0.1) is 0 Å². The van der Waals surface area contributed by atoms with Crippen LogP contribution in [-0.4, -0.2) is 11.1 Å². The van der Waals surface area contributed by atoms with E-state index in [4.69, 9.17) is 0 Å². The molecule has 0 bridgehead atoms. The lowest BCUT2D eigenvalue weighted by molar-refractivity contribution is 0.414. The summed E-state index contributed by atoms with van der Waals surface area (Å²) in [6, 6.07) is 3.52. The Bertz CT molecular complexity index is 379. The second-order valence-corrected chi connectivity index (χ2v) is 4.90. The van der Waals surface area contributed by atoms with Crippen molar-refractivity contribution >= 4 is 15.9 Å². The Balaban J connectivity index is 2.24. The maximum absolute atomic E-state index is 13.2. The monoisotopic (exact) mass is 273 g/mol. The number of benzene rings is 1. The molecule has 1 unspecified atom stereocenters. The van der Waals surface area contributed by atoms with Crippen molar-refractivity contribution in [3.05, 3.63) is 28.0 Å². The Kier molecular flexibility index (Phi) is 2.98. The first-order valence-electron chi connectivity index (χ1n) is 5.02. The first kappa shape index (κ1) is 10.9. The van der Waals surface area contributed by atoms with Crippen molar-refractivity contribution in [1.29, 1.82) is 0 Å². The fraction of sp³-hybridized carbons (Fsp3) is 0.455. The minimum Gasteiger partial charge on any atom is -0.505 e. The topological polar surface area (TPSA) is 32.3 Å². The fourth-order valence-corrected chi connectivity index (χ4v) is 2.06. The van der Waals surface area contributed by atoms with E-state index in [-0.39, 0.29) is 11.8 Å². The van der Waals surface area contributed by atoms with Crippen LogP contribution >= 0.6 is 15.9 Å². The van der Waals surface area contributed by atoms with Crippen LogP contribution in [0.25, 0.3) is 0 Å². The summed E-state index contributed by atoms with van der Waals surface area (Å²) >= 11 is 3.22. The summed E-state index contributed by atoms with van der Waals surface area (Å²) < 4.78 is 13.9. The predicted octanol–water partition coefficient (Wildman–Crippen LogP) is 3.11. The zero-order valence-corrected chi connectivity index (χ0v) is 10.0. The van der Waals surface area contributed by atoms with Crippen LogP contribution in [0.1, 0.15) is 31.4 Å². The highest BCUT2D eigenvalue weighted by Crippen LogP contribution is 2.32. The van der Waals surface area contributed by atoms with E-state index >= 15 is 0 Å². The number of hydrogen-bond acceptors (Lipinski definition) is 2. The van der Waals surface area contributed by atoms with E-state index in [0.717, 1.165) is 0 Å². The third kappa shape index (κ3) is 2.49. The van der Waals surface area contributed by atoms with E-state index in [9.17, 15) is 9.50 Å². The summed E-state index contributed by atoms with van der Waals surface area (Å²) in [5, 5.41) is 12.9. The van der Waals surface area contributed by atoms with Crippen LogP contribution < -0.4 is 5.32 Å². The van der Waals surface area contributed by atoms with Crippen LogP contribution in [0.15, 0.2) is 16.6 Å². The van der Waals surface area contributed by atoms with Crippen LogP contribution in [-0.2, 0) is 0 Å². The number of phenolic OH excluding ortho intramolecular Hbond substituents is 1. The van der Waals surface area contributed by atoms with Gasteiger partial charge in [-0.05, 0) is 31.9 Å². The van der Waals surface area contributed by atoms with Crippen molar-refractivity contribution in [2.45, 2.75) is 31.8 Å². The molecule has 1 aliphatic rings. The molecule has 2 N–H and O–H groups in total. The van der Waals surface area contributed by atoms with Crippen molar-refractivity contribution in [3.63, 3.8) is 0 Å². The van der Waals surface area contributed by atoms with Gasteiger partial charge in [-0.15, -0.1) is 0 Å². The Morgan fingerprint density at radius 3 is 2.80 bits per heavy atom. The fourth-order valence-electron chi connectivity index (χ4n) is 1.61. The molecule has 0 radical (unpaired) electrons. The number of nitrogens with one attached hydrogen (secondary N) is 1. The molecule has 2 rings (SSSR count). The summed E-state index contributed by atoms with van der Waals surface area (Å²) in [5.74, 6) is -0.831. The van der Waals surface area contributed by atoms with E-state index in [1.165, 1.54) is 18.9 Å². The summed E-state index contributed by atoms with van der Waals surface area (Å²) in [6.45, 7) is 1.93. The average molecular weight is 274 g/mol. The third-order valence-corrected chi connectivity index (χ3v) is 3.05. The Morgan fingerprint density at radius 2 is 2.20 bits per heavy atom. The summed E-state index contributed by atoms with van der Waals surface area (Å²) in [5.41, 5.74) is 0.605. The van der Waals surface area contributed by atoms with Crippen molar-refractivity contribution < 1.29 is 9.50 Å². The molecule has 1 aromatic carbocycles. The highest BCUT2D eigenvalue weighted by molar-refractivity contribution is 9.10. The second kappa shape index (κ2) is 4.10. The van der Waals surface area contributed by atoms with Gasteiger partial charge in [-0.25, -0.2) is 4.39 Å². The highest BCUT2D eigenvalue weighted by atomic mass is 79.9. The van der Waals surface area contributed by atoms with Crippen LogP contribution in [0, 0.1) is 5.82 Å². The second-order valence-electron chi connectivity index (χ2n) is 3.99. The van der Waals surface area contributed by atoms with E-state index in [1.54, 1.807) is 6.07 Å². The molecule has 82 valence electrons. The van der Waals surface area contributed by atoms with E-state index < -0.39 is 5.82 Å². The lowest BCUT2D eigenvalue weighted by Crippen LogP contribution is -2.20. The van der Waals surface area contributed by atoms with Crippen molar-refractivity contribution in [1.82, 2.24) is 5.32 Å². The van der Waals surface area contributed by atoms with Crippen LogP contribution in [0.3, 0.4) is 0 Å². The minimum absolute atomic E-state index is 0.0236. The SMILES string of the molecule is CC(NC1CC1)c1cc(Br)cc(F)c1O. The molecule has 0 spiro atoms. The zero-order chi connectivity index (χ0) is 11.0. The minimum atomic E-state index is -0.580. The number of hydrogen-bond donors (Lipinski definition) is 2. The normalized spacial score (nSPS) is 17.8. The largest absolute Gasteiger partial charge is 0.505 e. The van der Waals surface area contributed by atoms with Gasteiger partial charge in [0.25, 0.3) is 0 Å². The van der Waals surface area contributed by atoms with Crippen molar-refractivity contribution in [2.75, 3.05) is 0 Å². The number of aromatic hydroxyl groups is 1. The number of phenols is 1. The maximum atomic E-state index is 13.2. The Morgan fingerprint density at radius 1 is 1.53 bits per heavy atom. The zero-order valence-electron chi connectivity index (χ0n) is 8.43.